The maximum Gasteiger partial charge on any atom is 0.164 e. The van der Waals surface area contributed by atoms with Crippen LogP contribution >= 0.6 is 0 Å². The van der Waals surface area contributed by atoms with Crippen LogP contribution in [-0.4, -0.2) is 36.6 Å². The summed E-state index contributed by atoms with van der Waals surface area (Å²) in [6.45, 7) is 8.01. The fourth-order valence-electron chi connectivity index (χ4n) is 14.6. The molecule has 1 heterocycles. The van der Waals surface area contributed by atoms with Crippen molar-refractivity contribution in [3.05, 3.63) is 213 Å². The van der Waals surface area contributed by atoms with Gasteiger partial charge in [0.1, 0.15) is 23.4 Å². The summed E-state index contributed by atoms with van der Waals surface area (Å²) < 4.78 is 31.4. The van der Waals surface area contributed by atoms with Gasteiger partial charge >= 0.3 is 0 Å². The molecule has 5 fully saturated rings. The molecule has 4 saturated carbocycles. The first kappa shape index (κ1) is 55.0. The van der Waals surface area contributed by atoms with Crippen LogP contribution in [0.2, 0.25) is 0 Å². The van der Waals surface area contributed by atoms with Gasteiger partial charge in [-0.15, -0.1) is 0 Å². The second-order valence-corrected chi connectivity index (χ2v) is 25.1. The molecule has 1 aliphatic heterocycles. The lowest BCUT2D eigenvalue weighted by atomic mass is 9.70. The number of ether oxygens (including phenoxy) is 4. The largest absolute Gasteiger partial charge is 0.358 e. The summed E-state index contributed by atoms with van der Waals surface area (Å²) in [5, 5.41) is 0. The molecule has 412 valence electrons. The Labute approximate surface area is 467 Å². The molecule has 6 aromatic carbocycles. The van der Waals surface area contributed by atoms with Crippen molar-refractivity contribution in [1.29, 1.82) is 0 Å². The van der Waals surface area contributed by atoms with Crippen molar-refractivity contribution in [1.82, 2.24) is 0 Å². The van der Waals surface area contributed by atoms with Gasteiger partial charge < -0.3 is 36.1 Å². The normalized spacial score (nSPS) is 29.1. The Morgan fingerprint density at radius 1 is 0.410 bits per heavy atom. The molecule has 0 amide bonds. The minimum atomic E-state index is -1.21. The van der Waals surface area contributed by atoms with E-state index < -0.39 is 29.2 Å². The minimum absolute atomic E-state index is 0.275. The molecule has 3 atom stereocenters. The average molecular weight is 1050 g/mol. The summed E-state index contributed by atoms with van der Waals surface area (Å²) in [7, 11) is 0. The monoisotopic (exact) mass is 1050 g/mol. The van der Waals surface area contributed by atoms with Gasteiger partial charge in [0.15, 0.2) is 5.79 Å². The third kappa shape index (κ3) is 11.9. The highest BCUT2D eigenvalue weighted by molar-refractivity contribution is 5.48. The van der Waals surface area contributed by atoms with Crippen molar-refractivity contribution in [2.75, 3.05) is 6.54 Å². The summed E-state index contributed by atoms with van der Waals surface area (Å²) in [5.41, 5.74) is 28.5. The molecule has 1 saturated heterocycles. The van der Waals surface area contributed by atoms with Gasteiger partial charge in [0.05, 0.1) is 13.2 Å². The zero-order chi connectivity index (χ0) is 53.7. The molecule has 7 heteroatoms. The maximum absolute atomic E-state index is 7.96. The topological polar surface area (TPSA) is 115 Å². The quantitative estimate of drug-likeness (QED) is 0.0833. The molecule has 6 aromatic rings. The summed E-state index contributed by atoms with van der Waals surface area (Å²) >= 11 is 0. The Hall–Kier alpha value is -4.96. The van der Waals surface area contributed by atoms with Crippen LogP contribution in [0.3, 0.4) is 0 Å². The smallest absolute Gasteiger partial charge is 0.164 e. The predicted molar refractivity (Wildman–Crippen MR) is 316 cm³/mol. The summed E-state index contributed by atoms with van der Waals surface area (Å²) in [5.74, 6) is 2.24. The summed E-state index contributed by atoms with van der Waals surface area (Å²) in [6.07, 6.45) is 16.6. The van der Waals surface area contributed by atoms with E-state index in [9.17, 15) is 0 Å². The average Bonchev–Trinajstić information content (AvgIpc) is 3.87. The van der Waals surface area contributed by atoms with E-state index in [1.807, 2.05) is 0 Å². The summed E-state index contributed by atoms with van der Waals surface area (Å²) in [4.78, 5) is 0. The lowest BCUT2D eigenvalue weighted by Gasteiger charge is -2.47. The van der Waals surface area contributed by atoms with Gasteiger partial charge in [0.25, 0.3) is 0 Å². The first-order valence-electron chi connectivity index (χ1n) is 30.3. The Morgan fingerprint density at radius 2 is 0.705 bits per heavy atom. The van der Waals surface area contributed by atoms with Crippen molar-refractivity contribution >= 4 is 0 Å². The fourth-order valence-corrected chi connectivity index (χ4v) is 14.6. The van der Waals surface area contributed by atoms with Gasteiger partial charge in [-0.2, -0.15) is 0 Å². The van der Waals surface area contributed by atoms with Gasteiger partial charge in [-0.3, -0.25) is 0 Å². The van der Waals surface area contributed by atoms with E-state index in [0.29, 0.717) is 42.8 Å². The number of rotatable bonds is 17. The zero-order valence-corrected chi connectivity index (χ0v) is 47.1. The molecule has 0 radical (unpaired) electrons. The lowest BCUT2D eigenvalue weighted by molar-refractivity contribution is -0.182. The van der Waals surface area contributed by atoms with Crippen LogP contribution in [0.1, 0.15) is 203 Å². The van der Waals surface area contributed by atoms with E-state index in [1.165, 1.54) is 60.8 Å². The fraction of sp³-hybridized carbons (Fsp3) is 0.493. The van der Waals surface area contributed by atoms with Crippen molar-refractivity contribution in [3.63, 3.8) is 0 Å². The van der Waals surface area contributed by atoms with Crippen molar-refractivity contribution in [2.45, 2.75) is 202 Å². The minimum Gasteiger partial charge on any atom is -0.358 e. The van der Waals surface area contributed by atoms with Gasteiger partial charge in [-0.05, 0) is 201 Å². The third-order valence-corrected chi connectivity index (χ3v) is 19.5. The van der Waals surface area contributed by atoms with Gasteiger partial charge in [0, 0.05) is 12.1 Å². The molecule has 1 unspecified atom stereocenters. The van der Waals surface area contributed by atoms with Crippen molar-refractivity contribution in [2.24, 2.45) is 29.0 Å². The standard InChI is InChI=1S/C71H89N3O4/c1-49-14-18-53(19-15-49)55-22-34-61(35-23-55)70(75-47-51-10-6-4-7-11-51,62-36-24-56(25-37-62)54-20-16-50(46-72)17-21-54)67-68(78-69(2,3)77-67)71(76-48-52-12-8-5-9-13-52,63-38-26-57(27-39-63)59-30-42-65(73)43-31-59)64-40-28-58(29-41-64)60-32-44-66(74)45-33-60/h4-13,22-29,34-41,49-50,53-54,59-60,65-68H,14-21,30-33,42-48,72-74H2,1-3H3/t49?,50?,53?,54?,59?,60?,65?,66?,67-,68-,70?,71?/m1/s1. The number of benzene rings is 6. The molecule has 78 heavy (non-hydrogen) atoms. The van der Waals surface area contributed by atoms with E-state index in [2.05, 4.69) is 178 Å². The maximum atomic E-state index is 7.96. The van der Waals surface area contributed by atoms with E-state index in [0.717, 1.165) is 110 Å². The van der Waals surface area contributed by atoms with E-state index in [4.69, 9.17) is 36.1 Å². The van der Waals surface area contributed by atoms with Crippen LogP contribution in [0, 0.1) is 11.8 Å². The first-order valence-corrected chi connectivity index (χ1v) is 30.3. The van der Waals surface area contributed by atoms with E-state index >= 15 is 0 Å². The molecule has 0 aromatic heterocycles. The number of nitrogens with two attached hydrogens (primary N) is 3. The highest BCUT2D eigenvalue weighted by Gasteiger charge is 2.63. The van der Waals surface area contributed by atoms with E-state index in [1.54, 1.807) is 0 Å². The highest BCUT2D eigenvalue weighted by atomic mass is 16.8. The lowest BCUT2D eigenvalue weighted by Crippen LogP contribution is -2.56. The van der Waals surface area contributed by atoms with Gasteiger partial charge in [-0.1, -0.05) is 177 Å². The molecule has 0 spiro atoms. The highest BCUT2D eigenvalue weighted by Crippen LogP contribution is 2.55. The second-order valence-electron chi connectivity index (χ2n) is 25.1. The predicted octanol–water partition coefficient (Wildman–Crippen LogP) is 15.3. The number of hydrogen-bond acceptors (Lipinski definition) is 7. The molecule has 0 bridgehead atoms. The van der Waals surface area contributed by atoms with Gasteiger partial charge in [0.2, 0.25) is 0 Å². The van der Waals surface area contributed by atoms with Crippen LogP contribution in [-0.2, 0) is 43.4 Å². The Kier molecular flexibility index (Phi) is 17.2. The van der Waals surface area contributed by atoms with Crippen molar-refractivity contribution < 1.29 is 18.9 Å². The van der Waals surface area contributed by atoms with Gasteiger partial charge in [-0.25, -0.2) is 0 Å². The van der Waals surface area contributed by atoms with Crippen LogP contribution in [0.25, 0.3) is 0 Å². The molecule has 11 rings (SSSR count). The Bertz CT molecular complexity index is 2720. The van der Waals surface area contributed by atoms with Crippen LogP contribution < -0.4 is 17.2 Å². The molecule has 4 aliphatic carbocycles. The first-order chi connectivity index (χ1) is 38.0. The Morgan fingerprint density at radius 3 is 1.01 bits per heavy atom. The SMILES string of the molecule is CC1CCC(c2ccc(C(OCc3ccccc3)(c3ccc(C4CCC(CN)CC4)cc3)[C@@H]3OC(C)(C)O[C@H]3C(OCc3ccccc3)(c3ccc(C4CCC(N)CC4)cc3)c3ccc(C4CCC(N)CC4)cc3)cc2)CC1. The van der Waals surface area contributed by atoms with Crippen LogP contribution in [0.15, 0.2) is 158 Å². The molecular formula is C71H89N3O4. The van der Waals surface area contributed by atoms with Crippen molar-refractivity contribution in [3.8, 4) is 0 Å². The summed E-state index contributed by atoms with van der Waals surface area (Å²) in [6, 6.07) is 59.5. The van der Waals surface area contributed by atoms with Crippen LogP contribution in [0.4, 0.5) is 0 Å². The molecule has 7 nitrogen and oxygen atoms in total. The zero-order valence-electron chi connectivity index (χ0n) is 47.1. The van der Waals surface area contributed by atoms with Crippen LogP contribution in [0.5, 0.6) is 0 Å². The number of hydrogen-bond donors (Lipinski definition) is 3. The molecule has 6 N–H and O–H groups in total. The Balaban J connectivity index is 1.12. The molecular weight excluding hydrogens is 959 g/mol. The molecule has 5 aliphatic rings. The van der Waals surface area contributed by atoms with E-state index in [-0.39, 0.29) is 12.1 Å². The second kappa shape index (κ2) is 24.4. The third-order valence-electron chi connectivity index (χ3n) is 19.5.